The minimum Gasteiger partial charge on any atom is -0.388 e. The minimum atomic E-state index is -0.971. The molecule has 5 nitrogen and oxygen atoms in total. The SMILES string of the molecule is CCC(C)C(C)(O)CNC(=O)C(C)NC(=O)C=Cc1ccccc1. The van der Waals surface area contributed by atoms with Crippen molar-refractivity contribution in [3.8, 4) is 0 Å². The molecule has 1 rings (SSSR count). The molecule has 0 aliphatic carbocycles. The average molecular weight is 332 g/mol. The maximum atomic E-state index is 12.0. The van der Waals surface area contributed by atoms with Crippen molar-refractivity contribution in [2.45, 2.75) is 45.8 Å². The molecule has 0 aliphatic heterocycles. The Kier molecular flexibility index (Phi) is 7.65. The molecule has 3 unspecified atom stereocenters. The van der Waals surface area contributed by atoms with Gasteiger partial charge in [-0.1, -0.05) is 50.6 Å². The molecule has 0 fully saturated rings. The number of rotatable bonds is 8. The summed E-state index contributed by atoms with van der Waals surface area (Å²) in [6.45, 7) is 7.39. The third kappa shape index (κ3) is 6.54. The fourth-order valence-electron chi connectivity index (χ4n) is 2.10. The van der Waals surface area contributed by atoms with E-state index in [1.807, 2.05) is 44.2 Å². The van der Waals surface area contributed by atoms with E-state index in [1.165, 1.54) is 6.08 Å². The van der Waals surface area contributed by atoms with Crippen molar-refractivity contribution in [1.82, 2.24) is 10.6 Å². The van der Waals surface area contributed by atoms with E-state index in [1.54, 1.807) is 19.9 Å². The second-order valence-corrected chi connectivity index (χ2v) is 6.36. The molecule has 5 heteroatoms. The first-order valence-electron chi connectivity index (χ1n) is 8.30. The maximum absolute atomic E-state index is 12.0. The van der Waals surface area contributed by atoms with Crippen LogP contribution in [0.1, 0.15) is 39.7 Å². The van der Waals surface area contributed by atoms with Crippen molar-refractivity contribution in [3.05, 3.63) is 42.0 Å². The van der Waals surface area contributed by atoms with Crippen LogP contribution in [0, 0.1) is 5.92 Å². The Morgan fingerprint density at radius 3 is 2.46 bits per heavy atom. The molecule has 0 aromatic heterocycles. The molecule has 3 N–H and O–H groups in total. The molecule has 3 atom stereocenters. The summed E-state index contributed by atoms with van der Waals surface area (Å²) in [6, 6.07) is 8.77. The summed E-state index contributed by atoms with van der Waals surface area (Å²) in [5.41, 5.74) is -0.0594. The summed E-state index contributed by atoms with van der Waals surface area (Å²) in [5, 5.41) is 15.6. The van der Waals surface area contributed by atoms with Gasteiger partial charge in [0.2, 0.25) is 11.8 Å². The van der Waals surface area contributed by atoms with Gasteiger partial charge in [0.1, 0.15) is 6.04 Å². The first kappa shape index (κ1) is 19.9. The van der Waals surface area contributed by atoms with Gasteiger partial charge < -0.3 is 15.7 Å². The van der Waals surface area contributed by atoms with Gasteiger partial charge in [0.15, 0.2) is 0 Å². The molecule has 1 aromatic rings. The first-order chi connectivity index (χ1) is 11.3. The maximum Gasteiger partial charge on any atom is 0.244 e. The van der Waals surface area contributed by atoms with E-state index >= 15 is 0 Å². The van der Waals surface area contributed by atoms with Gasteiger partial charge in [-0.2, -0.15) is 0 Å². The molecule has 132 valence electrons. The topological polar surface area (TPSA) is 78.4 Å². The number of amides is 2. The first-order valence-corrected chi connectivity index (χ1v) is 8.30. The zero-order chi connectivity index (χ0) is 18.2. The van der Waals surface area contributed by atoms with E-state index in [0.717, 1.165) is 12.0 Å². The van der Waals surface area contributed by atoms with Crippen molar-refractivity contribution in [2.75, 3.05) is 6.54 Å². The van der Waals surface area contributed by atoms with Gasteiger partial charge in [-0.05, 0) is 31.4 Å². The van der Waals surface area contributed by atoms with E-state index in [2.05, 4.69) is 10.6 Å². The minimum absolute atomic E-state index is 0.0662. The molecule has 0 bridgehead atoms. The van der Waals surface area contributed by atoms with Crippen LogP contribution >= 0.6 is 0 Å². The molecular formula is C19H28N2O3. The van der Waals surface area contributed by atoms with Gasteiger partial charge >= 0.3 is 0 Å². The van der Waals surface area contributed by atoms with Crippen LogP contribution in [0.4, 0.5) is 0 Å². The van der Waals surface area contributed by atoms with Gasteiger partial charge in [-0.3, -0.25) is 9.59 Å². The molecular weight excluding hydrogens is 304 g/mol. The van der Waals surface area contributed by atoms with Crippen LogP contribution in [0.25, 0.3) is 6.08 Å². The molecule has 0 aliphatic rings. The fraction of sp³-hybridized carbons (Fsp3) is 0.474. The van der Waals surface area contributed by atoms with Crippen molar-refractivity contribution < 1.29 is 14.7 Å². The van der Waals surface area contributed by atoms with Crippen LogP contribution in [0.3, 0.4) is 0 Å². The number of carbonyl (C=O) groups is 2. The highest BCUT2D eigenvalue weighted by atomic mass is 16.3. The van der Waals surface area contributed by atoms with Crippen molar-refractivity contribution in [1.29, 1.82) is 0 Å². The second kappa shape index (κ2) is 9.23. The molecule has 24 heavy (non-hydrogen) atoms. The third-order valence-corrected chi connectivity index (χ3v) is 4.27. The highest BCUT2D eigenvalue weighted by molar-refractivity contribution is 5.95. The predicted molar refractivity (Wildman–Crippen MR) is 96.2 cm³/mol. The largest absolute Gasteiger partial charge is 0.388 e. The number of carbonyl (C=O) groups excluding carboxylic acids is 2. The van der Waals surface area contributed by atoms with Crippen LogP contribution in [-0.2, 0) is 9.59 Å². The quantitative estimate of drug-likeness (QED) is 0.638. The lowest BCUT2D eigenvalue weighted by Crippen LogP contribution is -2.50. The molecule has 2 amide bonds. The van der Waals surface area contributed by atoms with Crippen LogP contribution in [-0.4, -0.2) is 35.1 Å². The third-order valence-electron chi connectivity index (χ3n) is 4.27. The number of hydrogen-bond acceptors (Lipinski definition) is 3. The number of hydrogen-bond donors (Lipinski definition) is 3. The lowest BCUT2D eigenvalue weighted by atomic mass is 9.88. The predicted octanol–water partition coefficient (Wildman–Crippen LogP) is 2.12. The summed E-state index contributed by atoms with van der Waals surface area (Å²) in [4.78, 5) is 23.9. The van der Waals surface area contributed by atoms with E-state index in [-0.39, 0.29) is 24.3 Å². The summed E-state index contributed by atoms with van der Waals surface area (Å²) < 4.78 is 0. The van der Waals surface area contributed by atoms with Crippen LogP contribution in [0.15, 0.2) is 36.4 Å². The molecule has 0 heterocycles. The van der Waals surface area contributed by atoms with Gasteiger partial charge in [-0.15, -0.1) is 0 Å². The summed E-state index contributed by atoms with van der Waals surface area (Å²) >= 11 is 0. The Bertz CT molecular complexity index is 567. The number of aliphatic hydroxyl groups is 1. The fourth-order valence-corrected chi connectivity index (χ4v) is 2.10. The van der Waals surface area contributed by atoms with Crippen LogP contribution in [0.5, 0.6) is 0 Å². The van der Waals surface area contributed by atoms with E-state index in [4.69, 9.17) is 0 Å². The Morgan fingerprint density at radius 1 is 1.25 bits per heavy atom. The molecule has 0 saturated heterocycles. The zero-order valence-corrected chi connectivity index (χ0v) is 14.9. The van der Waals surface area contributed by atoms with Crippen LogP contribution < -0.4 is 10.6 Å². The summed E-state index contributed by atoms with van der Waals surface area (Å²) in [5.74, 6) is -0.591. The Hall–Kier alpha value is -2.14. The molecule has 0 radical (unpaired) electrons. The Balaban J connectivity index is 2.46. The lowest BCUT2D eigenvalue weighted by Gasteiger charge is -2.30. The van der Waals surface area contributed by atoms with Crippen LogP contribution in [0.2, 0.25) is 0 Å². The molecule has 0 spiro atoms. The normalized spacial score (nSPS) is 16.2. The summed E-state index contributed by atoms with van der Waals surface area (Å²) in [6.07, 6.45) is 3.90. The van der Waals surface area contributed by atoms with Crippen molar-refractivity contribution in [2.24, 2.45) is 5.92 Å². The average Bonchev–Trinajstić information content (AvgIpc) is 2.57. The smallest absolute Gasteiger partial charge is 0.244 e. The van der Waals surface area contributed by atoms with E-state index < -0.39 is 11.6 Å². The van der Waals surface area contributed by atoms with Gasteiger partial charge in [0, 0.05) is 12.6 Å². The van der Waals surface area contributed by atoms with Crippen molar-refractivity contribution >= 4 is 17.9 Å². The number of benzene rings is 1. The molecule has 0 saturated carbocycles. The second-order valence-electron chi connectivity index (χ2n) is 6.36. The van der Waals surface area contributed by atoms with Crippen molar-refractivity contribution in [3.63, 3.8) is 0 Å². The Labute approximate surface area is 144 Å². The highest BCUT2D eigenvalue weighted by Gasteiger charge is 2.28. The van der Waals surface area contributed by atoms with E-state index in [9.17, 15) is 14.7 Å². The molecule has 1 aromatic carbocycles. The number of nitrogens with one attached hydrogen (secondary N) is 2. The van der Waals surface area contributed by atoms with Gasteiger partial charge in [0.05, 0.1) is 5.60 Å². The standard InChI is InChI=1S/C19H28N2O3/c1-5-14(2)19(4,24)13-20-18(23)15(3)21-17(22)12-11-16-9-7-6-8-10-16/h6-12,14-15,24H,5,13H2,1-4H3,(H,20,23)(H,21,22). The highest BCUT2D eigenvalue weighted by Crippen LogP contribution is 2.18. The van der Waals surface area contributed by atoms with Gasteiger partial charge in [-0.25, -0.2) is 0 Å². The lowest BCUT2D eigenvalue weighted by molar-refractivity contribution is -0.127. The summed E-state index contributed by atoms with van der Waals surface area (Å²) in [7, 11) is 0. The van der Waals surface area contributed by atoms with E-state index in [0.29, 0.717) is 0 Å². The van der Waals surface area contributed by atoms with Gasteiger partial charge in [0.25, 0.3) is 0 Å². The Morgan fingerprint density at radius 2 is 1.88 bits per heavy atom. The monoisotopic (exact) mass is 332 g/mol. The zero-order valence-electron chi connectivity index (χ0n) is 14.9.